The Hall–Kier alpha value is -5.35. The molecule has 10 nitrogen and oxygen atoms in total. The van der Waals surface area contributed by atoms with Crippen molar-refractivity contribution in [2.45, 2.75) is 0 Å². The summed E-state index contributed by atoms with van der Waals surface area (Å²) in [7, 11) is 1.36. The second-order valence-corrected chi connectivity index (χ2v) is 8.80. The topological polar surface area (TPSA) is 126 Å². The highest BCUT2D eigenvalue weighted by atomic mass is 35.5. The maximum Gasteiger partial charge on any atom is 0.347 e. The molecule has 5 aromatic rings. The van der Waals surface area contributed by atoms with Gasteiger partial charge in [0.05, 0.1) is 29.2 Å². The fourth-order valence-electron chi connectivity index (χ4n) is 4.01. The summed E-state index contributed by atoms with van der Waals surface area (Å²) in [5, 5.41) is 16.8. The summed E-state index contributed by atoms with van der Waals surface area (Å²) in [5.41, 5.74) is 0.221. The van der Waals surface area contributed by atoms with E-state index in [4.69, 9.17) is 21.1 Å². The van der Waals surface area contributed by atoms with Gasteiger partial charge in [-0.1, -0.05) is 60.1 Å². The summed E-state index contributed by atoms with van der Waals surface area (Å²) in [4.78, 5) is 42.3. The van der Waals surface area contributed by atoms with Crippen molar-refractivity contribution < 1.29 is 19.2 Å². The summed E-state index contributed by atoms with van der Waals surface area (Å²) in [6, 6.07) is 24.2. The molecule has 11 heteroatoms. The third-order valence-corrected chi connectivity index (χ3v) is 6.13. The zero-order valence-corrected chi connectivity index (χ0v) is 21.6. The van der Waals surface area contributed by atoms with Crippen molar-refractivity contribution in [3.05, 3.63) is 128 Å². The van der Waals surface area contributed by atoms with Crippen molar-refractivity contribution >= 4 is 40.4 Å². The molecule has 0 radical (unpaired) electrons. The molecule has 4 aromatic carbocycles. The van der Waals surface area contributed by atoms with Gasteiger partial charge in [-0.25, -0.2) is 9.78 Å². The highest BCUT2D eigenvalue weighted by Crippen LogP contribution is 2.32. The number of fused-ring (bicyclic) bond motifs is 1. The fourth-order valence-corrected chi connectivity index (χ4v) is 4.18. The minimum absolute atomic E-state index is 0.0302. The summed E-state index contributed by atoms with van der Waals surface area (Å²) in [6.45, 7) is 0. The molecule has 1 aromatic heterocycles. The van der Waals surface area contributed by atoms with E-state index in [1.807, 2.05) is 6.07 Å². The van der Waals surface area contributed by atoms with Crippen LogP contribution in [-0.2, 0) is 0 Å². The van der Waals surface area contributed by atoms with Crippen molar-refractivity contribution in [1.29, 1.82) is 0 Å². The second kappa shape index (κ2) is 11.2. The SMILES string of the molecule is COc1ccc(Cl)cc1C(=O)Oc1c(C=Nn2c(-c3ccccc3)nc3ccccc3c2=O)cccc1[N+](=O)[O-]. The maximum atomic E-state index is 13.5. The lowest BCUT2D eigenvalue weighted by Gasteiger charge is -2.12. The number of nitrogens with zero attached hydrogens (tertiary/aromatic N) is 4. The molecule has 0 aliphatic carbocycles. The number of carbonyl (C=O) groups is 1. The van der Waals surface area contributed by atoms with E-state index in [0.717, 1.165) is 4.68 Å². The smallest absolute Gasteiger partial charge is 0.347 e. The van der Waals surface area contributed by atoms with Crippen LogP contribution in [0, 0.1) is 10.1 Å². The van der Waals surface area contributed by atoms with Gasteiger partial charge in [0.15, 0.2) is 5.82 Å². The van der Waals surface area contributed by atoms with Crippen molar-refractivity contribution in [2.24, 2.45) is 5.10 Å². The molecule has 5 rings (SSSR count). The van der Waals surface area contributed by atoms with Crippen LogP contribution < -0.4 is 15.0 Å². The first-order valence-corrected chi connectivity index (χ1v) is 12.2. The van der Waals surface area contributed by atoms with Crippen LogP contribution in [-0.4, -0.2) is 33.9 Å². The van der Waals surface area contributed by atoms with Gasteiger partial charge < -0.3 is 9.47 Å². The molecular formula is C29H19ClN4O6. The fraction of sp³-hybridized carbons (Fsp3) is 0.0345. The largest absolute Gasteiger partial charge is 0.496 e. The molecule has 0 unspecified atom stereocenters. The molecule has 198 valence electrons. The lowest BCUT2D eigenvalue weighted by atomic mass is 10.1. The first-order valence-electron chi connectivity index (χ1n) is 11.8. The van der Waals surface area contributed by atoms with Gasteiger partial charge in [-0.15, -0.1) is 0 Å². The summed E-state index contributed by atoms with van der Waals surface area (Å²) in [5.74, 6) is -0.873. The van der Waals surface area contributed by atoms with Crippen LogP contribution in [0.2, 0.25) is 5.02 Å². The zero-order chi connectivity index (χ0) is 28.2. The molecule has 0 spiro atoms. The molecule has 0 N–H and O–H groups in total. The molecule has 40 heavy (non-hydrogen) atoms. The molecule has 0 saturated carbocycles. The Morgan fingerprint density at radius 1 is 1.02 bits per heavy atom. The predicted molar refractivity (Wildman–Crippen MR) is 150 cm³/mol. The standard InChI is InChI=1S/C29H19ClN4O6/c1-39-25-15-14-20(30)16-22(25)29(36)40-26-19(10-7-13-24(26)34(37)38)17-31-33-27(18-8-3-2-4-9-18)32-23-12-6-5-11-21(23)28(33)35/h2-17H,1H3. The van der Waals surface area contributed by atoms with Gasteiger partial charge in [-0.3, -0.25) is 14.9 Å². The molecule has 0 saturated heterocycles. The Morgan fingerprint density at radius 2 is 1.77 bits per heavy atom. The number of aromatic nitrogens is 2. The molecule has 0 aliphatic heterocycles. The minimum atomic E-state index is -0.933. The number of methoxy groups -OCH3 is 1. The number of hydrogen-bond acceptors (Lipinski definition) is 8. The quantitative estimate of drug-likeness (QED) is 0.0826. The van der Waals surface area contributed by atoms with Crippen molar-refractivity contribution in [3.8, 4) is 22.9 Å². The van der Waals surface area contributed by atoms with Gasteiger partial charge in [0.2, 0.25) is 5.75 Å². The molecule has 0 atom stereocenters. The van der Waals surface area contributed by atoms with E-state index in [0.29, 0.717) is 16.5 Å². The number of hydrogen-bond donors (Lipinski definition) is 0. The van der Waals surface area contributed by atoms with Crippen LogP contribution >= 0.6 is 11.6 Å². The number of para-hydroxylation sites is 2. The Labute approximate surface area is 231 Å². The molecular weight excluding hydrogens is 536 g/mol. The zero-order valence-electron chi connectivity index (χ0n) is 20.9. The van der Waals surface area contributed by atoms with E-state index in [1.165, 1.54) is 49.7 Å². The number of nitro groups is 1. The number of nitro benzene ring substituents is 1. The van der Waals surface area contributed by atoms with Crippen molar-refractivity contribution in [2.75, 3.05) is 7.11 Å². The van der Waals surface area contributed by atoms with E-state index in [9.17, 15) is 19.7 Å². The lowest BCUT2D eigenvalue weighted by molar-refractivity contribution is -0.385. The Kier molecular flexibility index (Phi) is 7.34. The van der Waals surface area contributed by atoms with E-state index in [2.05, 4.69) is 10.1 Å². The molecule has 1 heterocycles. The van der Waals surface area contributed by atoms with Crippen LogP contribution in [0.1, 0.15) is 15.9 Å². The van der Waals surface area contributed by atoms with Crippen LogP contribution in [0.3, 0.4) is 0 Å². The lowest BCUT2D eigenvalue weighted by Crippen LogP contribution is -2.20. The highest BCUT2D eigenvalue weighted by Gasteiger charge is 2.24. The first-order chi connectivity index (χ1) is 19.4. The number of rotatable bonds is 7. The second-order valence-electron chi connectivity index (χ2n) is 8.37. The molecule has 0 bridgehead atoms. The molecule has 0 amide bonds. The first kappa shape index (κ1) is 26.3. The third-order valence-electron chi connectivity index (χ3n) is 5.90. The average Bonchev–Trinajstić information content (AvgIpc) is 2.97. The van der Waals surface area contributed by atoms with Crippen molar-refractivity contribution in [3.63, 3.8) is 0 Å². The third kappa shape index (κ3) is 5.16. The van der Waals surface area contributed by atoms with E-state index in [1.54, 1.807) is 48.5 Å². The van der Waals surface area contributed by atoms with Crippen LogP contribution in [0.15, 0.2) is 101 Å². The number of benzene rings is 4. The summed E-state index contributed by atoms with van der Waals surface area (Å²) < 4.78 is 11.8. The Morgan fingerprint density at radius 3 is 2.52 bits per heavy atom. The highest BCUT2D eigenvalue weighted by molar-refractivity contribution is 6.31. The van der Waals surface area contributed by atoms with E-state index >= 15 is 0 Å². The maximum absolute atomic E-state index is 13.5. The summed E-state index contributed by atoms with van der Waals surface area (Å²) in [6.07, 6.45) is 1.20. The van der Waals surface area contributed by atoms with Crippen LogP contribution in [0.5, 0.6) is 11.5 Å². The number of esters is 1. The monoisotopic (exact) mass is 554 g/mol. The van der Waals surface area contributed by atoms with Gasteiger partial charge in [0, 0.05) is 22.2 Å². The average molecular weight is 555 g/mol. The molecule has 0 fully saturated rings. The van der Waals surface area contributed by atoms with E-state index < -0.39 is 22.1 Å². The van der Waals surface area contributed by atoms with Gasteiger partial charge in [0.25, 0.3) is 5.56 Å². The number of ether oxygens (including phenoxy) is 2. The van der Waals surface area contributed by atoms with Crippen LogP contribution in [0.4, 0.5) is 5.69 Å². The van der Waals surface area contributed by atoms with Gasteiger partial charge in [0.1, 0.15) is 11.3 Å². The Balaban J connectivity index is 1.64. The molecule has 0 aliphatic rings. The number of carbonyl (C=O) groups excluding carboxylic acids is 1. The normalized spacial score (nSPS) is 11.1. The van der Waals surface area contributed by atoms with Crippen molar-refractivity contribution in [1.82, 2.24) is 9.66 Å². The van der Waals surface area contributed by atoms with E-state index in [-0.39, 0.29) is 33.5 Å². The Bertz CT molecular complexity index is 1850. The van der Waals surface area contributed by atoms with Crippen LogP contribution in [0.25, 0.3) is 22.3 Å². The summed E-state index contributed by atoms with van der Waals surface area (Å²) >= 11 is 6.04. The minimum Gasteiger partial charge on any atom is -0.496 e. The van der Waals surface area contributed by atoms with Gasteiger partial charge in [-0.2, -0.15) is 9.78 Å². The predicted octanol–water partition coefficient (Wildman–Crippen LogP) is 5.74. The number of halogens is 1. The van der Waals surface area contributed by atoms with Gasteiger partial charge >= 0.3 is 11.7 Å². The van der Waals surface area contributed by atoms with Gasteiger partial charge in [-0.05, 0) is 36.4 Å².